The molecule has 152 valence electrons. The van der Waals surface area contributed by atoms with E-state index in [1.54, 1.807) is 0 Å². The standard InChI is InChI=1S/C24H29FN4/c1-28(2)15-16-29-13-9-19(10-14-29)23-17-22(18-7-11-26-12-8-18)24(27-23)20-3-5-21(25)6-4-20/h3-8,11-12,17,19,27H,9-10,13-16H2,1-2H3. The van der Waals surface area contributed by atoms with E-state index in [9.17, 15) is 4.39 Å². The minimum atomic E-state index is -0.212. The van der Waals surface area contributed by atoms with E-state index >= 15 is 0 Å². The van der Waals surface area contributed by atoms with E-state index < -0.39 is 0 Å². The van der Waals surface area contributed by atoms with E-state index in [2.05, 4.69) is 39.9 Å². The third-order valence-electron chi connectivity index (χ3n) is 5.85. The van der Waals surface area contributed by atoms with E-state index in [1.165, 1.54) is 17.8 Å². The highest BCUT2D eigenvalue weighted by molar-refractivity contribution is 5.82. The van der Waals surface area contributed by atoms with Crippen molar-refractivity contribution < 1.29 is 4.39 Å². The molecule has 1 aliphatic heterocycles. The molecule has 0 unspecified atom stereocenters. The van der Waals surface area contributed by atoms with Crippen LogP contribution in [0.4, 0.5) is 4.39 Å². The fourth-order valence-corrected chi connectivity index (χ4v) is 4.11. The summed E-state index contributed by atoms with van der Waals surface area (Å²) in [6, 6.07) is 13.1. The Morgan fingerprint density at radius 2 is 1.72 bits per heavy atom. The Hall–Kier alpha value is -2.50. The van der Waals surface area contributed by atoms with Gasteiger partial charge in [-0.3, -0.25) is 4.98 Å². The van der Waals surface area contributed by atoms with Gasteiger partial charge in [0.25, 0.3) is 0 Å². The average molecular weight is 393 g/mol. The highest BCUT2D eigenvalue weighted by atomic mass is 19.1. The molecule has 1 fully saturated rings. The predicted molar refractivity (Wildman–Crippen MR) is 116 cm³/mol. The number of piperidine rings is 1. The van der Waals surface area contributed by atoms with Gasteiger partial charge in [-0.1, -0.05) is 0 Å². The molecule has 0 amide bonds. The fourth-order valence-electron chi connectivity index (χ4n) is 4.11. The summed E-state index contributed by atoms with van der Waals surface area (Å²) in [7, 11) is 4.26. The first-order chi connectivity index (χ1) is 14.1. The van der Waals surface area contributed by atoms with Crippen molar-refractivity contribution in [3.8, 4) is 22.4 Å². The number of halogens is 1. The monoisotopic (exact) mass is 392 g/mol. The minimum absolute atomic E-state index is 0.212. The maximum absolute atomic E-state index is 13.4. The fraction of sp³-hybridized carbons (Fsp3) is 0.375. The Kier molecular flexibility index (Phi) is 6.07. The van der Waals surface area contributed by atoms with Gasteiger partial charge in [0.1, 0.15) is 5.82 Å². The molecule has 0 bridgehead atoms. The van der Waals surface area contributed by atoms with E-state index in [-0.39, 0.29) is 5.82 Å². The Labute approximate surface area is 172 Å². The SMILES string of the molecule is CN(C)CCN1CCC(c2cc(-c3ccncc3)c(-c3ccc(F)cc3)[nH]2)CC1. The Morgan fingerprint density at radius 1 is 1.03 bits per heavy atom. The number of pyridine rings is 1. The zero-order chi connectivity index (χ0) is 20.2. The van der Waals surface area contributed by atoms with Gasteiger partial charge in [0.15, 0.2) is 0 Å². The lowest BCUT2D eigenvalue weighted by Crippen LogP contribution is -2.37. The molecule has 1 aliphatic rings. The van der Waals surface area contributed by atoms with Crippen molar-refractivity contribution in [3.05, 3.63) is 66.4 Å². The molecule has 4 rings (SSSR count). The number of aromatic amines is 1. The van der Waals surface area contributed by atoms with Crippen LogP contribution in [0.25, 0.3) is 22.4 Å². The van der Waals surface area contributed by atoms with Crippen molar-refractivity contribution in [1.82, 2.24) is 19.8 Å². The number of hydrogen-bond donors (Lipinski definition) is 1. The molecule has 1 aromatic carbocycles. The first kappa shape index (κ1) is 19.8. The van der Waals surface area contributed by atoms with Gasteiger partial charge in [0.2, 0.25) is 0 Å². The molecule has 0 aliphatic carbocycles. The number of likely N-dealkylation sites (N-methyl/N-ethyl adjacent to an activating group) is 1. The van der Waals surface area contributed by atoms with Gasteiger partial charge in [-0.25, -0.2) is 4.39 Å². The number of benzene rings is 1. The van der Waals surface area contributed by atoms with Crippen molar-refractivity contribution in [2.45, 2.75) is 18.8 Å². The summed E-state index contributed by atoms with van der Waals surface area (Å²) < 4.78 is 13.4. The molecule has 0 radical (unpaired) electrons. The Morgan fingerprint density at radius 3 is 2.38 bits per heavy atom. The molecule has 0 spiro atoms. The highest BCUT2D eigenvalue weighted by Gasteiger charge is 2.23. The summed E-state index contributed by atoms with van der Waals surface area (Å²) in [4.78, 5) is 12.6. The van der Waals surface area contributed by atoms with Crippen LogP contribution >= 0.6 is 0 Å². The van der Waals surface area contributed by atoms with Gasteiger partial charge < -0.3 is 14.8 Å². The second-order valence-corrected chi connectivity index (χ2v) is 8.18. The Bertz CT molecular complexity index is 910. The molecule has 0 saturated carbocycles. The molecule has 5 heteroatoms. The van der Waals surface area contributed by atoms with Crippen LogP contribution in [0.1, 0.15) is 24.5 Å². The van der Waals surface area contributed by atoms with Crippen LogP contribution in [0.3, 0.4) is 0 Å². The number of H-pyrrole nitrogens is 1. The smallest absolute Gasteiger partial charge is 0.123 e. The van der Waals surface area contributed by atoms with E-state index in [0.29, 0.717) is 5.92 Å². The number of likely N-dealkylation sites (tertiary alicyclic amines) is 1. The van der Waals surface area contributed by atoms with Crippen molar-refractivity contribution >= 4 is 0 Å². The number of aromatic nitrogens is 2. The van der Waals surface area contributed by atoms with Gasteiger partial charge in [-0.05, 0) is 93.6 Å². The van der Waals surface area contributed by atoms with Crippen LogP contribution in [-0.2, 0) is 0 Å². The summed E-state index contributed by atoms with van der Waals surface area (Å²) >= 11 is 0. The van der Waals surface area contributed by atoms with Crippen LogP contribution in [0, 0.1) is 5.82 Å². The van der Waals surface area contributed by atoms with Gasteiger partial charge >= 0.3 is 0 Å². The van der Waals surface area contributed by atoms with Crippen LogP contribution in [-0.4, -0.2) is 60.0 Å². The van der Waals surface area contributed by atoms with Crippen LogP contribution in [0.2, 0.25) is 0 Å². The second-order valence-electron chi connectivity index (χ2n) is 8.18. The summed E-state index contributed by atoms with van der Waals surface area (Å²) in [6.45, 7) is 4.50. The number of rotatable bonds is 6. The van der Waals surface area contributed by atoms with Crippen molar-refractivity contribution in [2.24, 2.45) is 0 Å². The average Bonchev–Trinajstić information content (AvgIpc) is 3.19. The topological polar surface area (TPSA) is 35.2 Å². The first-order valence-corrected chi connectivity index (χ1v) is 10.4. The summed E-state index contributed by atoms with van der Waals surface area (Å²) in [6.07, 6.45) is 5.96. The molecule has 1 saturated heterocycles. The first-order valence-electron chi connectivity index (χ1n) is 10.4. The molecule has 0 atom stereocenters. The number of hydrogen-bond acceptors (Lipinski definition) is 3. The predicted octanol–water partition coefficient (Wildman–Crippen LogP) is 4.62. The molecular weight excluding hydrogens is 363 g/mol. The summed E-state index contributed by atoms with van der Waals surface area (Å²) in [5.74, 6) is 0.316. The number of nitrogens with one attached hydrogen (secondary N) is 1. The van der Waals surface area contributed by atoms with Gasteiger partial charge in [0, 0.05) is 42.7 Å². The van der Waals surface area contributed by atoms with Crippen LogP contribution < -0.4 is 0 Å². The van der Waals surface area contributed by atoms with Crippen molar-refractivity contribution in [1.29, 1.82) is 0 Å². The zero-order valence-electron chi connectivity index (χ0n) is 17.2. The minimum Gasteiger partial charge on any atom is -0.358 e. The molecule has 1 N–H and O–H groups in total. The van der Waals surface area contributed by atoms with Gasteiger partial charge in [0.05, 0.1) is 5.69 Å². The van der Waals surface area contributed by atoms with E-state index in [1.807, 2.05) is 36.7 Å². The van der Waals surface area contributed by atoms with Crippen LogP contribution in [0.5, 0.6) is 0 Å². The third kappa shape index (κ3) is 4.74. The lowest BCUT2D eigenvalue weighted by Gasteiger charge is -2.32. The summed E-state index contributed by atoms with van der Waals surface area (Å²) in [5.41, 5.74) is 5.63. The molecule has 3 aromatic rings. The van der Waals surface area contributed by atoms with Crippen LogP contribution in [0.15, 0.2) is 54.9 Å². The maximum Gasteiger partial charge on any atom is 0.123 e. The molecule has 29 heavy (non-hydrogen) atoms. The normalized spacial score (nSPS) is 15.9. The van der Waals surface area contributed by atoms with Gasteiger partial charge in [-0.15, -0.1) is 0 Å². The largest absolute Gasteiger partial charge is 0.358 e. The molecule has 4 nitrogen and oxygen atoms in total. The van der Waals surface area contributed by atoms with E-state index in [4.69, 9.17) is 0 Å². The second kappa shape index (κ2) is 8.89. The zero-order valence-corrected chi connectivity index (χ0v) is 17.2. The molecule has 2 aromatic heterocycles. The summed E-state index contributed by atoms with van der Waals surface area (Å²) in [5, 5.41) is 0. The molecule has 3 heterocycles. The molecular formula is C24H29FN4. The number of nitrogens with zero attached hydrogens (tertiary/aromatic N) is 3. The maximum atomic E-state index is 13.4. The highest BCUT2D eigenvalue weighted by Crippen LogP contribution is 2.37. The van der Waals surface area contributed by atoms with Crippen molar-refractivity contribution in [3.63, 3.8) is 0 Å². The van der Waals surface area contributed by atoms with Crippen molar-refractivity contribution in [2.75, 3.05) is 40.3 Å². The van der Waals surface area contributed by atoms with E-state index in [0.717, 1.165) is 61.4 Å². The third-order valence-corrected chi connectivity index (χ3v) is 5.85. The lowest BCUT2D eigenvalue weighted by atomic mass is 9.93. The lowest BCUT2D eigenvalue weighted by molar-refractivity contribution is 0.193. The van der Waals surface area contributed by atoms with Gasteiger partial charge in [-0.2, -0.15) is 0 Å². The Balaban J connectivity index is 1.58. The quantitative estimate of drug-likeness (QED) is 0.665.